The van der Waals surface area contributed by atoms with Crippen molar-refractivity contribution in [2.75, 3.05) is 19.1 Å². The standard InChI is InChI=1S/C15H21N3OS/c1-10(2)14-16-15(20-17-14)18(4)11(3)12-6-8-13(19-5)9-7-12/h6-11H,1-5H3. The highest BCUT2D eigenvalue weighted by Crippen LogP contribution is 2.28. The molecule has 0 aliphatic rings. The van der Waals surface area contributed by atoms with Gasteiger partial charge in [-0.3, -0.25) is 0 Å². The number of nitrogens with zero attached hydrogens (tertiary/aromatic N) is 3. The minimum Gasteiger partial charge on any atom is -0.497 e. The van der Waals surface area contributed by atoms with Crippen LogP contribution in [-0.4, -0.2) is 23.5 Å². The van der Waals surface area contributed by atoms with Crippen molar-refractivity contribution in [1.29, 1.82) is 0 Å². The van der Waals surface area contributed by atoms with E-state index in [1.165, 1.54) is 17.1 Å². The lowest BCUT2D eigenvalue weighted by Gasteiger charge is -2.24. The molecule has 0 amide bonds. The largest absolute Gasteiger partial charge is 0.497 e. The summed E-state index contributed by atoms with van der Waals surface area (Å²) >= 11 is 1.46. The SMILES string of the molecule is COc1ccc(C(C)N(C)c2nc(C(C)C)ns2)cc1. The smallest absolute Gasteiger partial charge is 0.205 e. The monoisotopic (exact) mass is 291 g/mol. The van der Waals surface area contributed by atoms with E-state index in [9.17, 15) is 0 Å². The molecule has 2 rings (SSSR count). The molecule has 0 spiro atoms. The maximum atomic E-state index is 5.19. The lowest BCUT2D eigenvalue weighted by molar-refractivity contribution is 0.414. The highest BCUT2D eigenvalue weighted by molar-refractivity contribution is 7.09. The predicted octanol–water partition coefficient (Wildman–Crippen LogP) is 3.87. The molecule has 1 unspecified atom stereocenters. The van der Waals surface area contributed by atoms with Gasteiger partial charge in [-0.05, 0) is 24.6 Å². The van der Waals surface area contributed by atoms with E-state index >= 15 is 0 Å². The van der Waals surface area contributed by atoms with Gasteiger partial charge in [0.1, 0.15) is 11.6 Å². The van der Waals surface area contributed by atoms with E-state index in [4.69, 9.17) is 4.74 Å². The summed E-state index contributed by atoms with van der Waals surface area (Å²) in [4.78, 5) is 6.76. The molecule has 20 heavy (non-hydrogen) atoms. The Kier molecular flexibility index (Phi) is 4.60. The number of ether oxygens (including phenoxy) is 1. The van der Waals surface area contributed by atoms with Gasteiger partial charge in [0.05, 0.1) is 13.2 Å². The van der Waals surface area contributed by atoms with E-state index in [0.29, 0.717) is 5.92 Å². The number of aromatic nitrogens is 2. The fourth-order valence-corrected chi connectivity index (χ4v) is 2.72. The molecule has 2 aromatic rings. The van der Waals surface area contributed by atoms with Crippen LogP contribution in [0.3, 0.4) is 0 Å². The van der Waals surface area contributed by atoms with Crippen molar-refractivity contribution in [3.8, 4) is 5.75 Å². The Bertz CT molecular complexity index is 551. The first-order valence-electron chi connectivity index (χ1n) is 6.73. The summed E-state index contributed by atoms with van der Waals surface area (Å²) in [6.45, 7) is 6.38. The van der Waals surface area contributed by atoms with Crippen LogP contribution in [0.25, 0.3) is 0 Å². The summed E-state index contributed by atoms with van der Waals surface area (Å²) in [6, 6.07) is 8.39. The number of benzene rings is 1. The average molecular weight is 291 g/mol. The Labute approximate surface area is 124 Å². The van der Waals surface area contributed by atoms with Crippen LogP contribution in [0.2, 0.25) is 0 Å². The van der Waals surface area contributed by atoms with E-state index in [0.717, 1.165) is 16.7 Å². The van der Waals surface area contributed by atoms with Crippen LogP contribution in [0.4, 0.5) is 5.13 Å². The van der Waals surface area contributed by atoms with Gasteiger partial charge in [-0.2, -0.15) is 4.37 Å². The Morgan fingerprint density at radius 2 is 1.80 bits per heavy atom. The Hall–Kier alpha value is -1.62. The van der Waals surface area contributed by atoms with E-state index in [2.05, 4.69) is 54.2 Å². The zero-order valence-electron chi connectivity index (χ0n) is 12.6. The highest BCUT2D eigenvalue weighted by Gasteiger charge is 2.17. The van der Waals surface area contributed by atoms with Crippen molar-refractivity contribution in [2.24, 2.45) is 0 Å². The number of hydrogen-bond donors (Lipinski definition) is 0. The van der Waals surface area contributed by atoms with Crippen LogP contribution in [-0.2, 0) is 0 Å². The molecule has 1 atom stereocenters. The quantitative estimate of drug-likeness (QED) is 0.838. The molecule has 0 saturated heterocycles. The molecule has 0 aliphatic carbocycles. The van der Waals surface area contributed by atoms with Crippen LogP contribution in [0.15, 0.2) is 24.3 Å². The van der Waals surface area contributed by atoms with E-state index < -0.39 is 0 Å². The first kappa shape index (κ1) is 14.8. The zero-order chi connectivity index (χ0) is 14.7. The molecule has 1 aromatic carbocycles. The number of methoxy groups -OCH3 is 1. The molecule has 0 bridgehead atoms. The third-order valence-corrected chi connectivity index (χ3v) is 4.25. The van der Waals surface area contributed by atoms with E-state index in [-0.39, 0.29) is 6.04 Å². The second-order valence-corrected chi connectivity index (χ2v) is 5.88. The summed E-state index contributed by atoms with van der Waals surface area (Å²) in [5.41, 5.74) is 1.23. The maximum absolute atomic E-state index is 5.19. The van der Waals surface area contributed by atoms with Crippen molar-refractivity contribution in [1.82, 2.24) is 9.36 Å². The van der Waals surface area contributed by atoms with Crippen molar-refractivity contribution in [3.63, 3.8) is 0 Å². The maximum Gasteiger partial charge on any atom is 0.205 e. The molecular formula is C15H21N3OS. The molecule has 1 heterocycles. The van der Waals surface area contributed by atoms with Crippen molar-refractivity contribution in [3.05, 3.63) is 35.7 Å². The van der Waals surface area contributed by atoms with Crippen LogP contribution < -0.4 is 9.64 Å². The van der Waals surface area contributed by atoms with Gasteiger partial charge in [-0.1, -0.05) is 26.0 Å². The molecule has 0 N–H and O–H groups in total. The molecule has 0 fully saturated rings. The van der Waals surface area contributed by atoms with Crippen LogP contribution >= 0.6 is 11.5 Å². The Balaban J connectivity index is 2.15. The molecule has 1 aromatic heterocycles. The minimum absolute atomic E-state index is 0.244. The first-order valence-corrected chi connectivity index (χ1v) is 7.50. The number of rotatable bonds is 5. The molecule has 108 valence electrons. The summed E-state index contributed by atoms with van der Waals surface area (Å²) in [7, 11) is 3.73. The molecule has 5 heteroatoms. The van der Waals surface area contributed by atoms with Gasteiger partial charge in [0, 0.05) is 24.5 Å². The third-order valence-electron chi connectivity index (χ3n) is 3.43. The average Bonchev–Trinajstić information content (AvgIpc) is 2.96. The third kappa shape index (κ3) is 3.10. The van der Waals surface area contributed by atoms with Gasteiger partial charge in [0.2, 0.25) is 5.13 Å². The first-order chi connectivity index (χ1) is 9.52. The normalized spacial score (nSPS) is 12.5. The van der Waals surface area contributed by atoms with Gasteiger partial charge in [-0.15, -0.1) is 0 Å². The fraction of sp³-hybridized carbons (Fsp3) is 0.467. The van der Waals surface area contributed by atoms with E-state index in [1.54, 1.807) is 7.11 Å². The van der Waals surface area contributed by atoms with Gasteiger partial charge < -0.3 is 9.64 Å². The second kappa shape index (κ2) is 6.22. The number of anilines is 1. The molecule has 0 saturated carbocycles. The zero-order valence-corrected chi connectivity index (χ0v) is 13.4. The van der Waals surface area contributed by atoms with Gasteiger partial charge in [0.15, 0.2) is 0 Å². The van der Waals surface area contributed by atoms with Gasteiger partial charge in [-0.25, -0.2) is 4.98 Å². The lowest BCUT2D eigenvalue weighted by atomic mass is 10.1. The highest BCUT2D eigenvalue weighted by atomic mass is 32.1. The molecule has 0 aliphatic heterocycles. The second-order valence-electron chi connectivity index (χ2n) is 5.15. The van der Waals surface area contributed by atoms with Crippen LogP contribution in [0, 0.1) is 0 Å². The molecule has 4 nitrogen and oxygen atoms in total. The van der Waals surface area contributed by atoms with E-state index in [1.807, 2.05) is 12.1 Å². The molecular weight excluding hydrogens is 270 g/mol. The van der Waals surface area contributed by atoms with Gasteiger partial charge in [0.25, 0.3) is 0 Å². The van der Waals surface area contributed by atoms with Crippen LogP contribution in [0.1, 0.15) is 44.1 Å². The Morgan fingerprint density at radius 1 is 1.15 bits per heavy atom. The summed E-state index contributed by atoms with van der Waals surface area (Å²) in [5, 5.41) is 0.956. The Morgan fingerprint density at radius 3 is 2.30 bits per heavy atom. The topological polar surface area (TPSA) is 38.2 Å². The summed E-state index contributed by atoms with van der Waals surface area (Å²) in [6.07, 6.45) is 0. The van der Waals surface area contributed by atoms with Crippen LogP contribution in [0.5, 0.6) is 5.75 Å². The summed E-state index contributed by atoms with van der Waals surface area (Å²) in [5.74, 6) is 2.16. The number of hydrogen-bond acceptors (Lipinski definition) is 5. The predicted molar refractivity (Wildman–Crippen MR) is 83.8 cm³/mol. The van der Waals surface area contributed by atoms with Crippen molar-refractivity contribution < 1.29 is 4.74 Å². The fourth-order valence-electron chi connectivity index (χ4n) is 1.88. The van der Waals surface area contributed by atoms with Crippen molar-refractivity contribution >= 4 is 16.7 Å². The van der Waals surface area contributed by atoms with Gasteiger partial charge >= 0.3 is 0 Å². The minimum atomic E-state index is 0.244. The molecule has 0 radical (unpaired) electrons. The summed E-state index contributed by atoms with van der Waals surface area (Å²) < 4.78 is 9.60. The lowest BCUT2D eigenvalue weighted by Crippen LogP contribution is -2.21. The van der Waals surface area contributed by atoms with Crippen molar-refractivity contribution in [2.45, 2.75) is 32.7 Å².